The zero-order valence-electron chi connectivity index (χ0n) is 11.8. The minimum atomic E-state index is 0.00209. The molecule has 0 aromatic heterocycles. The largest absolute Gasteiger partial charge is 0.340 e. The van der Waals surface area contributed by atoms with Gasteiger partial charge >= 0.3 is 0 Å². The van der Waals surface area contributed by atoms with E-state index in [-0.39, 0.29) is 18.1 Å². The van der Waals surface area contributed by atoms with E-state index in [1.54, 1.807) is 24.3 Å². The van der Waals surface area contributed by atoms with E-state index in [1.807, 2.05) is 4.90 Å². The molecule has 1 fully saturated rings. The summed E-state index contributed by atoms with van der Waals surface area (Å²) in [6, 6.07) is 7.18. The van der Waals surface area contributed by atoms with Gasteiger partial charge in [0.25, 0.3) is 0 Å². The molecule has 1 aromatic carbocycles. The van der Waals surface area contributed by atoms with Gasteiger partial charge in [0, 0.05) is 36.0 Å². The summed E-state index contributed by atoms with van der Waals surface area (Å²) in [6.45, 7) is 2.95. The van der Waals surface area contributed by atoms with Gasteiger partial charge in [-0.3, -0.25) is 9.59 Å². The summed E-state index contributed by atoms with van der Waals surface area (Å²) in [5.41, 5.74) is 0.621. The Morgan fingerprint density at radius 3 is 2.60 bits per heavy atom. The number of halogens is 1. The van der Waals surface area contributed by atoms with Gasteiger partial charge in [0.1, 0.15) is 0 Å². The quantitative estimate of drug-likeness (QED) is 0.776. The first-order valence-corrected chi connectivity index (χ1v) is 7.58. The van der Waals surface area contributed by atoms with Crippen LogP contribution < -0.4 is 0 Å². The van der Waals surface area contributed by atoms with Crippen molar-refractivity contribution >= 4 is 23.3 Å². The van der Waals surface area contributed by atoms with Gasteiger partial charge in [0.15, 0.2) is 5.78 Å². The van der Waals surface area contributed by atoms with Gasteiger partial charge in [0.05, 0.1) is 0 Å². The van der Waals surface area contributed by atoms with Crippen LogP contribution in [0.4, 0.5) is 0 Å². The molecule has 2 rings (SSSR count). The highest BCUT2D eigenvalue weighted by Crippen LogP contribution is 2.21. The fourth-order valence-corrected chi connectivity index (χ4v) is 2.86. The van der Waals surface area contributed by atoms with Crippen LogP contribution in [0.1, 0.15) is 49.4 Å². The third-order valence-electron chi connectivity index (χ3n) is 3.90. The summed E-state index contributed by atoms with van der Waals surface area (Å²) in [6.07, 6.45) is 3.74. The third-order valence-corrected chi connectivity index (χ3v) is 4.15. The molecule has 1 amide bonds. The highest BCUT2D eigenvalue weighted by molar-refractivity contribution is 6.30. The molecule has 20 heavy (non-hydrogen) atoms. The second-order valence-electron chi connectivity index (χ2n) is 5.22. The summed E-state index contributed by atoms with van der Waals surface area (Å²) < 4.78 is 0. The van der Waals surface area contributed by atoms with Crippen molar-refractivity contribution in [2.24, 2.45) is 0 Å². The Balaban J connectivity index is 1.87. The number of carbonyl (C=O) groups excluding carboxylic acids is 2. The molecule has 0 saturated carbocycles. The average Bonchev–Trinajstić information content (AvgIpc) is 2.93. The fourth-order valence-electron chi connectivity index (χ4n) is 2.73. The Bertz CT molecular complexity index is 484. The number of hydrogen-bond donors (Lipinski definition) is 0. The first kappa shape index (κ1) is 15.0. The number of likely N-dealkylation sites (tertiary alicyclic amines) is 1. The molecule has 1 saturated heterocycles. The van der Waals surface area contributed by atoms with Crippen LogP contribution in [0.2, 0.25) is 5.02 Å². The average molecular weight is 294 g/mol. The number of nitrogens with zero attached hydrogens (tertiary/aromatic N) is 1. The predicted molar refractivity (Wildman–Crippen MR) is 80.0 cm³/mol. The van der Waals surface area contributed by atoms with E-state index in [4.69, 9.17) is 11.6 Å². The summed E-state index contributed by atoms with van der Waals surface area (Å²) in [7, 11) is 0. The van der Waals surface area contributed by atoms with Gasteiger partial charge in [-0.15, -0.1) is 0 Å². The lowest BCUT2D eigenvalue weighted by molar-refractivity contribution is -0.132. The SMILES string of the molecule is CCC1CCCN1C(=O)CCC(=O)c1ccc(Cl)cc1. The van der Waals surface area contributed by atoms with Crippen LogP contribution in [-0.4, -0.2) is 29.2 Å². The second-order valence-corrected chi connectivity index (χ2v) is 5.66. The van der Waals surface area contributed by atoms with E-state index in [9.17, 15) is 9.59 Å². The summed E-state index contributed by atoms with van der Waals surface area (Å²) in [5, 5.41) is 0.612. The minimum Gasteiger partial charge on any atom is -0.340 e. The maximum atomic E-state index is 12.2. The van der Waals surface area contributed by atoms with Crippen molar-refractivity contribution in [3.63, 3.8) is 0 Å². The van der Waals surface area contributed by atoms with E-state index in [2.05, 4.69) is 6.92 Å². The molecule has 1 heterocycles. The molecule has 1 unspecified atom stereocenters. The smallest absolute Gasteiger partial charge is 0.223 e. The van der Waals surface area contributed by atoms with Gasteiger partial charge in [-0.05, 0) is 43.5 Å². The number of carbonyl (C=O) groups is 2. The fraction of sp³-hybridized carbons (Fsp3) is 0.500. The Kier molecular flexibility index (Phi) is 5.18. The number of amides is 1. The van der Waals surface area contributed by atoms with Gasteiger partial charge in [-0.1, -0.05) is 18.5 Å². The molecule has 0 N–H and O–H groups in total. The van der Waals surface area contributed by atoms with Crippen LogP contribution in [0.25, 0.3) is 0 Å². The Hall–Kier alpha value is -1.35. The molecule has 1 aliphatic heterocycles. The second kappa shape index (κ2) is 6.89. The maximum absolute atomic E-state index is 12.2. The van der Waals surface area contributed by atoms with Gasteiger partial charge < -0.3 is 4.90 Å². The van der Waals surface area contributed by atoms with Crippen molar-refractivity contribution in [2.45, 2.75) is 45.1 Å². The van der Waals surface area contributed by atoms with Crippen molar-refractivity contribution < 1.29 is 9.59 Å². The van der Waals surface area contributed by atoms with Crippen molar-refractivity contribution in [3.05, 3.63) is 34.9 Å². The highest BCUT2D eigenvalue weighted by atomic mass is 35.5. The molecule has 0 bridgehead atoms. The number of Topliss-reactive ketones (excluding diaryl/α,β-unsaturated/α-hetero) is 1. The Labute approximate surface area is 124 Å². The number of rotatable bonds is 5. The van der Waals surface area contributed by atoms with Crippen molar-refractivity contribution in [1.29, 1.82) is 0 Å². The maximum Gasteiger partial charge on any atom is 0.223 e. The van der Waals surface area contributed by atoms with Gasteiger partial charge in [0.2, 0.25) is 5.91 Å². The van der Waals surface area contributed by atoms with E-state index < -0.39 is 0 Å². The molecule has 4 heteroatoms. The Morgan fingerprint density at radius 1 is 1.25 bits per heavy atom. The predicted octanol–water partition coefficient (Wildman–Crippen LogP) is 3.70. The molecule has 1 aliphatic rings. The lowest BCUT2D eigenvalue weighted by atomic mass is 10.1. The number of ketones is 1. The Morgan fingerprint density at radius 2 is 1.95 bits per heavy atom. The molecule has 3 nitrogen and oxygen atoms in total. The van der Waals surface area contributed by atoms with Crippen molar-refractivity contribution in [2.75, 3.05) is 6.54 Å². The van der Waals surface area contributed by atoms with E-state index >= 15 is 0 Å². The molecule has 108 valence electrons. The summed E-state index contributed by atoms with van der Waals surface area (Å²) in [4.78, 5) is 26.1. The van der Waals surface area contributed by atoms with Crippen LogP contribution in [-0.2, 0) is 4.79 Å². The van der Waals surface area contributed by atoms with E-state index in [0.717, 1.165) is 25.8 Å². The van der Waals surface area contributed by atoms with Crippen LogP contribution >= 0.6 is 11.6 Å². The normalized spacial score (nSPS) is 18.3. The summed E-state index contributed by atoms with van der Waals surface area (Å²) >= 11 is 5.79. The number of hydrogen-bond acceptors (Lipinski definition) is 2. The zero-order valence-corrected chi connectivity index (χ0v) is 12.5. The molecule has 1 aromatic rings. The lowest BCUT2D eigenvalue weighted by Crippen LogP contribution is -2.35. The van der Waals surface area contributed by atoms with Gasteiger partial charge in [-0.2, -0.15) is 0 Å². The van der Waals surface area contributed by atoms with Crippen LogP contribution in [0.3, 0.4) is 0 Å². The molecule has 0 spiro atoms. The molecular weight excluding hydrogens is 274 g/mol. The molecular formula is C16H20ClNO2. The van der Waals surface area contributed by atoms with Crippen LogP contribution in [0.15, 0.2) is 24.3 Å². The minimum absolute atomic E-state index is 0.00209. The van der Waals surface area contributed by atoms with Crippen molar-refractivity contribution in [1.82, 2.24) is 4.90 Å². The molecule has 0 aliphatic carbocycles. The van der Waals surface area contributed by atoms with E-state index in [0.29, 0.717) is 23.0 Å². The monoisotopic (exact) mass is 293 g/mol. The zero-order chi connectivity index (χ0) is 14.5. The van der Waals surface area contributed by atoms with Crippen LogP contribution in [0.5, 0.6) is 0 Å². The van der Waals surface area contributed by atoms with E-state index in [1.165, 1.54) is 0 Å². The number of benzene rings is 1. The first-order chi connectivity index (χ1) is 9.61. The lowest BCUT2D eigenvalue weighted by Gasteiger charge is -2.23. The van der Waals surface area contributed by atoms with Crippen LogP contribution in [0, 0.1) is 0 Å². The molecule has 0 radical (unpaired) electrons. The standard InChI is InChI=1S/C16H20ClNO2/c1-2-14-4-3-11-18(14)16(20)10-9-15(19)12-5-7-13(17)8-6-12/h5-8,14H,2-4,9-11H2,1H3. The summed E-state index contributed by atoms with van der Waals surface area (Å²) in [5.74, 6) is 0.110. The van der Waals surface area contributed by atoms with Gasteiger partial charge in [-0.25, -0.2) is 0 Å². The highest BCUT2D eigenvalue weighted by Gasteiger charge is 2.27. The third kappa shape index (κ3) is 3.60. The van der Waals surface area contributed by atoms with Crippen molar-refractivity contribution in [3.8, 4) is 0 Å². The first-order valence-electron chi connectivity index (χ1n) is 7.20. The molecule has 1 atom stereocenters. The topological polar surface area (TPSA) is 37.4 Å².